The van der Waals surface area contributed by atoms with Gasteiger partial charge in [0.15, 0.2) is 12.0 Å². The van der Waals surface area contributed by atoms with Crippen molar-refractivity contribution in [1.29, 1.82) is 0 Å². The van der Waals surface area contributed by atoms with Gasteiger partial charge in [0.05, 0.1) is 6.61 Å². The summed E-state index contributed by atoms with van der Waals surface area (Å²) in [6.45, 7) is -0.215. The van der Waals surface area contributed by atoms with E-state index in [1.807, 2.05) is 0 Å². The van der Waals surface area contributed by atoms with Gasteiger partial charge >= 0.3 is 5.51 Å². The molecule has 0 saturated carbocycles. The smallest absolute Gasteiger partial charge is 0.422 e. The van der Waals surface area contributed by atoms with E-state index in [2.05, 4.69) is 4.18 Å². The molecule has 0 bridgehead atoms. The van der Waals surface area contributed by atoms with E-state index < -0.39 is 17.6 Å². The van der Waals surface area contributed by atoms with Crippen LogP contribution in [0, 0.1) is 0 Å². The number of hydrogen-bond donors (Lipinski definition) is 1. The molecule has 1 rings (SSSR count). The van der Waals surface area contributed by atoms with Crippen LogP contribution in [0.15, 0.2) is 11.3 Å². The zero-order valence-corrected chi connectivity index (χ0v) is 8.25. The van der Waals surface area contributed by atoms with E-state index in [0.29, 0.717) is 24.2 Å². The fourth-order valence-electron chi connectivity index (χ4n) is 1.31. The topological polar surface area (TPSA) is 29.5 Å². The van der Waals surface area contributed by atoms with E-state index in [-0.39, 0.29) is 6.61 Å². The molecule has 0 fully saturated rings. The highest BCUT2D eigenvalue weighted by Crippen LogP contribution is 2.36. The molecule has 0 saturated heterocycles. The number of alkyl halides is 3. The van der Waals surface area contributed by atoms with Gasteiger partial charge in [0, 0.05) is 6.42 Å². The molecule has 0 atom stereocenters. The third kappa shape index (κ3) is 3.79. The molecule has 0 heterocycles. The first kappa shape index (κ1) is 11.7. The summed E-state index contributed by atoms with van der Waals surface area (Å²) < 4.78 is 39.9. The minimum Gasteiger partial charge on any atom is -0.422 e. The highest BCUT2D eigenvalue weighted by atomic mass is 32.2. The second kappa shape index (κ2) is 4.93. The average Bonchev–Trinajstić information content (AvgIpc) is 2.14. The van der Waals surface area contributed by atoms with Gasteiger partial charge in [-0.05, 0) is 24.8 Å². The Morgan fingerprint density at radius 1 is 1.29 bits per heavy atom. The Morgan fingerprint density at radius 2 is 1.93 bits per heavy atom. The molecule has 0 unspecified atom stereocenters. The maximum atomic E-state index is 11.8. The molecule has 2 nitrogen and oxygen atoms in total. The Balaban J connectivity index is 2.52. The van der Waals surface area contributed by atoms with Crippen LogP contribution in [-0.4, -0.2) is 17.2 Å². The van der Waals surface area contributed by atoms with Gasteiger partial charge in [0.25, 0.3) is 0 Å². The van der Waals surface area contributed by atoms with Crippen molar-refractivity contribution >= 4 is 12.0 Å². The molecule has 0 aliphatic heterocycles. The fourth-order valence-corrected chi connectivity index (χ4v) is 1.70. The van der Waals surface area contributed by atoms with Gasteiger partial charge in [-0.2, -0.15) is 13.2 Å². The zero-order valence-electron chi connectivity index (χ0n) is 7.43. The van der Waals surface area contributed by atoms with Crippen LogP contribution >= 0.6 is 12.0 Å². The maximum absolute atomic E-state index is 11.8. The van der Waals surface area contributed by atoms with Gasteiger partial charge in [0.1, 0.15) is 5.76 Å². The summed E-state index contributed by atoms with van der Waals surface area (Å²) in [5.41, 5.74) is -3.79. The minimum absolute atomic E-state index is 0.215. The quantitative estimate of drug-likeness (QED) is 0.753. The van der Waals surface area contributed by atoms with Crippen molar-refractivity contribution in [3.63, 3.8) is 0 Å². The van der Waals surface area contributed by atoms with E-state index in [9.17, 15) is 13.2 Å². The van der Waals surface area contributed by atoms with Crippen LogP contribution in [0.2, 0.25) is 0 Å². The van der Waals surface area contributed by atoms with E-state index >= 15 is 0 Å². The predicted molar refractivity (Wildman–Crippen MR) is 47.3 cm³/mol. The number of hydrogen-bond acceptors (Lipinski definition) is 3. The molecule has 1 aliphatic carbocycles. The van der Waals surface area contributed by atoms with Gasteiger partial charge in [-0.15, -0.1) is 0 Å². The number of halogens is 3. The summed E-state index contributed by atoms with van der Waals surface area (Å²) in [6.07, 6.45) is 2.83. The molecule has 1 N–H and O–H groups in total. The van der Waals surface area contributed by atoms with Crippen LogP contribution < -0.4 is 0 Å². The molecule has 0 aromatic carbocycles. The van der Waals surface area contributed by atoms with Crippen molar-refractivity contribution in [2.45, 2.75) is 31.2 Å². The molecule has 82 valence electrons. The summed E-state index contributed by atoms with van der Waals surface area (Å²) in [4.78, 5) is 0. The van der Waals surface area contributed by atoms with Crippen LogP contribution in [0.3, 0.4) is 0 Å². The maximum Gasteiger partial charge on any atom is 0.479 e. The summed E-state index contributed by atoms with van der Waals surface area (Å²) in [5, 5.41) is 8.86. The van der Waals surface area contributed by atoms with Gasteiger partial charge in [-0.25, -0.2) is 0 Å². The first-order valence-corrected chi connectivity index (χ1v) is 5.01. The molecule has 14 heavy (non-hydrogen) atoms. The Kier molecular flexibility index (Phi) is 4.12. The molecule has 0 radical (unpaired) electrons. The first-order chi connectivity index (χ1) is 6.53. The molecule has 0 spiro atoms. The monoisotopic (exact) mass is 228 g/mol. The third-order valence-electron chi connectivity index (χ3n) is 1.95. The number of aliphatic hydroxyl groups excluding tert-OH is 1. The van der Waals surface area contributed by atoms with Crippen LogP contribution in [0.1, 0.15) is 25.7 Å². The Labute approximate surface area is 84.3 Å². The van der Waals surface area contributed by atoms with Crippen molar-refractivity contribution in [1.82, 2.24) is 0 Å². The van der Waals surface area contributed by atoms with E-state index in [0.717, 1.165) is 12.8 Å². The van der Waals surface area contributed by atoms with Gasteiger partial charge in [-0.1, -0.05) is 0 Å². The van der Waals surface area contributed by atoms with Crippen molar-refractivity contribution in [3.8, 4) is 0 Å². The molecule has 0 aromatic heterocycles. The molecular formula is C8H11F3O2S. The Hall–Kier alpha value is -0.360. The lowest BCUT2D eigenvalue weighted by molar-refractivity contribution is -0.0386. The summed E-state index contributed by atoms with van der Waals surface area (Å²) in [5.74, 6) is 0.293. The average molecular weight is 228 g/mol. The standard InChI is InChI=1S/C8H11F3O2S/c9-8(10,11)14-13-7-4-2-1-3-6(7)5-12/h12H,1-5H2. The van der Waals surface area contributed by atoms with Gasteiger partial charge in [0.2, 0.25) is 0 Å². The van der Waals surface area contributed by atoms with Crippen molar-refractivity contribution in [2.75, 3.05) is 6.61 Å². The summed E-state index contributed by atoms with van der Waals surface area (Å²) in [6, 6.07) is 0. The van der Waals surface area contributed by atoms with Crippen LogP contribution in [0.5, 0.6) is 0 Å². The highest BCUT2D eigenvalue weighted by Gasteiger charge is 2.32. The van der Waals surface area contributed by atoms with Crippen molar-refractivity contribution < 1.29 is 22.5 Å². The number of allylic oxidation sites excluding steroid dienone is 1. The van der Waals surface area contributed by atoms with E-state index in [1.54, 1.807) is 0 Å². The Bertz CT molecular complexity index is 225. The summed E-state index contributed by atoms with van der Waals surface area (Å²) >= 11 is -0.510. The fraction of sp³-hybridized carbons (Fsp3) is 0.750. The normalized spacial score (nSPS) is 18.6. The number of aliphatic hydroxyl groups is 1. The number of rotatable bonds is 3. The first-order valence-electron chi connectivity index (χ1n) is 4.27. The zero-order chi connectivity index (χ0) is 10.6. The molecule has 0 amide bonds. The lowest BCUT2D eigenvalue weighted by atomic mass is 9.98. The van der Waals surface area contributed by atoms with E-state index in [1.165, 1.54) is 0 Å². The van der Waals surface area contributed by atoms with Crippen LogP contribution in [-0.2, 0) is 4.18 Å². The SMILES string of the molecule is OCC1=C(OSC(F)(F)F)CCCC1. The second-order valence-corrected chi connectivity index (χ2v) is 3.80. The third-order valence-corrected chi connectivity index (χ3v) is 2.43. The largest absolute Gasteiger partial charge is 0.479 e. The van der Waals surface area contributed by atoms with E-state index in [4.69, 9.17) is 5.11 Å². The molecule has 1 aliphatic rings. The van der Waals surface area contributed by atoms with Crippen molar-refractivity contribution in [3.05, 3.63) is 11.3 Å². The molecule has 6 heteroatoms. The second-order valence-electron chi connectivity index (χ2n) is 3.00. The predicted octanol–water partition coefficient (Wildman–Crippen LogP) is 2.99. The minimum atomic E-state index is -4.38. The lowest BCUT2D eigenvalue weighted by Crippen LogP contribution is -2.07. The van der Waals surface area contributed by atoms with Crippen LogP contribution in [0.25, 0.3) is 0 Å². The molecule has 0 aromatic rings. The molecular weight excluding hydrogens is 217 g/mol. The lowest BCUT2D eigenvalue weighted by Gasteiger charge is -2.18. The summed E-state index contributed by atoms with van der Waals surface area (Å²) in [7, 11) is 0. The Morgan fingerprint density at radius 3 is 2.50 bits per heavy atom. The van der Waals surface area contributed by atoms with Gasteiger partial charge < -0.3 is 9.29 Å². The van der Waals surface area contributed by atoms with Gasteiger partial charge in [-0.3, -0.25) is 0 Å². The van der Waals surface area contributed by atoms with Crippen molar-refractivity contribution in [2.24, 2.45) is 0 Å². The van der Waals surface area contributed by atoms with Crippen LogP contribution in [0.4, 0.5) is 13.2 Å². The highest BCUT2D eigenvalue weighted by molar-refractivity contribution is 7.95.